The molecule has 0 aromatic rings. The third-order valence-corrected chi connectivity index (χ3v) is 0.880. The maximum Gasteiger partial charge on any atom is 0.315 e. The van der Waals surface area contributed by atoms with E-state index >= 15 is 0 Å². The first-order chi connectivity index (χ1) is 4.20. The number of hydrogen-bond acceptors (Lipinski definition) is 3. The molecule has 1 atom stereocenters. The average molecular weight is 126 g/mol. The van der Waals surface area contributed by atoms with Gasteiger partial charge in [0.05, 0.1) is 0 Å². The summed E-state index contributed by atoms with van der Waals surface area (Å²) in [5.74, 6) is -1.56. The summed E-state index contributed by atoms with van der Waals surface area (Å²) in [7, 11) is 0. The second-order valence-electron chi connectivity index (χ2n) is 1.57. The first kappa shape index (κ1) is 5.97. The Morgan fingerprint density at radius 2 is 2.22 bits per heavy atom. The number of aliphatic hydroxyl groups excluding tert-OH is 1. The molecule has 1 aliphatic rings. The molecule has 0 fully saturated rings. The fraction of sp³-hybridized carbons (Fsp3) is 0.200. The molecule has 1 radical (unpaired) electrons. The van der Waals surface area contributed by atoms with Crippen molar-refractivity contribution in [2.45, 2.75) is 6.23 Å². The lowest BCUT2D eigenvalue weighted by atomic mass is 10.2. The van der Waals surface area contributed by atoms with E-state index in [2.05, 4.69) is 5.32 Å². The number of rotatable bonds is 0. The Kier molecular flexibility index (Phi) is 1.32. The summed E-state index contributed by atoms with van der Waals surface area (Å²) < 4.78 is 0. The van der Waals surface area contributed by atoms with Crippen LogP contribution in [0.4, 0.5) is 0 Å². The summed E-state index contributed by atoms with van der Waals surface area (Å²) >= 11 is 0. The Morgan fingerprint density at radius 1 is 1.56 bits per heavy atom. The van der Waals surface area contributed by atoms with E-state index in [0.29, 0.717) is 0 Å². The second kappa shape index (κ2) is 1.99. The Balaban J connectivity index is 2.77. The van der Waals surface area contributed by atoms with Crippen LogP contribution in [-0.2, 0) is 9.59 Å². The summed E-state index contributed by atoms with van der Waals surface area (Å²) in [5, 5.41) is 11.6. The highest BCUT2D eigenvalue weighted by Gasteiger charge is 2.19. The van der Waals surface area contributed by atoms with Crippen molar-refractivity contribution in [3.8, 4) is 0 Å². The SMILES string of the molecule is O=C1C=CC(O)[N]C1=O. The predicted octanol–water partition coefficient (Wildman–Crippen LogP) is -1.43. The van der Waals surface area contributed by atoms with Crippen LogP contribution in [-0.4, -0.2) is 23.0 Å². The standard InChI is InChI=1S/C5H4NO3/c7-3-1-2-4(8)6-5(3)9/h1-2,4,8H. The van der Waals surface area contributed by atoms with E-state index in [1.54, 1.807) is 0 Å². The Bertz CT molecular complexity index is 185. The summed E-state index contributed by atoms with van der Waals surface area (Å²) in [5.41, 5.74) is 0. The molecule has 0 aromatic carbocycles. The maximum atomic E-state index is 10.3. The van der Waals surface area contributed by atoms with Crippen molar-refractivity contribution in [2.24, 2.45) is 0 Å². The normalized spacial score (nSPS) is 26.1. The molecule has 0 aromatic heterocycles. The van der Waals surface area contributed by atoms with Gasteiger partial charge in [0.1, 0.15) is 0 Å². The molecule has 1 rings (SSSR count). The topological polar surface area (TPSA) is 68.5 Å². The largest absolute Gasteiger partial charge is 0.368 e. The smallest absolute Gasteiger partial charge is 0.315 e. The molecule has 1 unspecified atom stereocenters. The van der Waals surface area contributed by atoms with Crippen LogP contribution in [0.2, 0.25) is 0 Å². The molecular formula is C5H4NO3. The predicted molar refractivity (Wildman–Crippen MR) is 27.3 cm³/mol. The van der Waals surface area contributed by atoms with E-state index < -0.39 is 17.9 Å². The minimum Gasteiger partial charge on any atom is -0.368 e. The highest BCUT2D eigenvalue weighted by atomic mass is 16.3. The van der Waals surface area contributed by atoms with Crippen LogP contribution in [0.15, 0.2) is 12.2 Å². The van der Waals surface area contributed by atoms with Gasteiger partial charge in [-0.3, -0.25) is 9.59 Å². The molecule has 1 heterocycles. The molecule has 1 amide bonds. The van der Waals surface area contributed by atoms with Crippen molar-refractivity contribution in [2.75, 3.05) is 0 Å². The number of ketones is 1. The van der Waals surface area contributed by atoms with E-state index in [0.717, 1.165) is 12.2 Å². The maximum absolute atomic E-state index is 10.3. The van der Waals surface area contributed by atoms with Crippen LogP contribution in [0, 0.1) is 0 Å². The summed E-state index contributed by atoms with van der Waals surface area (Å²) in [4.78, 5) is 20.6. The van der Waals surface area contributed by atoms with Crippen LogP contribution in [0.25, 0.3) is 0 Å². The molecule has 0 bridgehead atoms. The molecule has 0 saturated heterocycles. The van der Waals surface area contributed by atoms with Gasteiger partial charge in [-0.1, -0.05) is 0 Å². The van der Waals surface area contributed by atoms with E-state index in [1.165, 1.54) is 0 Å². The minimum absolute atomic E-state index is 0.680. The fourth-order valence-electron chi connectivity index (χ4n) is 0.472. The number of amides is 1. The van der Waals surface area contributed by atoms with Crippen molar-refractivity contribution in [1.29, 1.82) is 0 Å². The van der Waals surface area contributed by atoms with Crippen LogP contribution in [0.5, 0.6) is 0 Å². The van der Waals surface area contributed by atoms with Gasteiger partial charge in [-0.05, 0) is 12.2 Å². The Morgan fingerprint density at radius 3 is 2.67 bits per heavy atom. The highest BCUT2D eigenvalue weighted by Crippen LogP contribution is 1.92. The van der Waals surface area contributed by atoms with E-state index in [-0.39, 0.29) is 0 Å². The van der Waals surface area contributed by atoms with Crippen molar-refractivity contribution < 1.29 is 14.7 Å². The summed E-state index contributed by atoms with van der Waals surface area (Å²) in [6.07, 6.45) is 1.04. The number of nitrogens with zero attached hydrogens (tertiary/aromatic N) is 1. The Hall–Kier alpha value is -1.16. The number of aliphatic hydroxyl groups is 1. The van der Waals surface area contributed by atoms with Gasteiger partial charge >= 0.3 is 5.91 Å². The molecule has 0 spiro atoms. The lowest BCUT2D eigenvalue weighted by Gasteiger charge is -2.06. The number of carbonyl (C=O) groups is 2. The van der Waals surface area contributed by atoms with E-state index in [9.17, 15) is 9.59 Å². The van der Waals surface area contributed by atoms with E-state index in [4.69, 9.17) is 5.11 Å². The van der Waals surface area contributed by atoms with Gasteiger partial charge in [0.15, 0.2) is 6.23 Å². The second-order valence-corrected chi connectivity index (χ2v) is 1.57. The van der Waals surface area contributed by atoms with Crippen LogP contribution >= 0.6 is 0 Å². The molecule has 1 N–H and O–H groups in total. The first-order valence-electron chi connectivity index (χ1n) is 2.35. The van der Waals surface area contributed by atoms with Crippen molar-refractivity contribution in [3.63, 3.8) is 0 Å². The zero-order chi connectivity index (χ0) is 6.85. The van der Waals surface area contributed by atoms with Gasteiger partial charge in [-0.2, -0.15) is 0 Å². The van der Waals surface area contributed by atoms with Gasteiger partial charge in [-0.15, -0.1) is 0 Å². The molecule has 0 saturated carbocycles. The molecular weight excluding hydrogens is 122 g/mol. The van der Waals surface area contributed by atoms with Crippen LogP contribution < -0.4 is 5.32 Å². The number of hydrogen-bond donors (Lipinski definition) is 1. The monoisotopic (exact) mass is 126 g/mol. The van der Waals surface area contributed by atoms with Gasteiger partial charge in [0.2, 0.25) is 5.78 Å². The lowest BCUT2D eigenvalue weighted by Crippen LogP contribution is -2.34. The third-order valence-electron chi connectivity index (χ3n) is 0.880. The van der Waals surface area contributed by atoms with E-state index in [1.807, 2.05) is 0 Å². The lowest BCUT2D eigenvalue weighted by molar-refractivity contribution is -0.137. The van der Waals surface area contributed by atoms with Crippen molar-refractivity contribution in [1.82, 2.24) is 5.32 Å². The van der Waals surface area contributed by atoms with Crippen LogP contribution in [0.3, 0.4) is 0 Å². The fourth-order valence-corrected chi connectivity index (χ4v) is 0.472. The average Bonchev–Trinajstić information content (AvgIpc) is 1.80. The van der Waals surface area contributed by atoms with Gasteiger partial charge in [-0.25, -0.2) is 5.32 Å². The molecule has 47 valence electrons. The molecule has 0 aliphatic carbocycles. The van der Waals surface area contributed by atoms with Gasteiger partial charge in [0, 0.05) is 0 Å². The molecule has 4 heteroatoms. The summed E-state index contributed by atoms with van der Waals surface area (Å²) in [6, 6.07) is 0. The van der Waals surface area contributed by atoms with Gasteiger partial charge in [0.25, 0.3) is 0 Å². The van der Waals surface area contributed by atoms with Crippen molar-refractivity contribution >= 4 is 11.7 Å². The highest BCUT2D eigenvalue weighted by molar-refractivity contribution is 6.41. The first-order valence-corrected chi connectivity index (χ1v) is 2.35. The third kappa shape index (κ3) is 1.14. The molecule has 1 aliphatic heterocycles. The van der Waals surface area contributed by atoms with Crippen molar-refractivity contribution in [3.05, 3.63) is 12.2 Å². The zero-order valence-corrected chi connectivity index (χ0v) is 4.44. The Labute approximate surface area is 51.2 Å². The summed E-state index contributed by atoms with van der Waals surface area (Å²) in [6.45, 7) is 0. The molecule has 4 nitrogen and oxygen atoms in total. The zero-order valence-electron chi connectivity index (χ0n) is 4.44. The van der Waals surface area contributed by atoms with Crippen LogP contribution in [0.1, 0.15) is 0 Å². The van der Waals surface area contributed by atoms with Gasteiger partial charge < -0.3 is 5.11 Å². The quantitative estimate of drug-likeness (QED) is 0.405. The number of carbonyl (C=O) groups excluding carboxylic acids is 2. The minimum atomic E-state index is -1.13. The molecule has 9 heavy (non-hydrogen) atoms.